The van der Waals surface area contributed by atoms with Crippen LogP contribution in [0.4, 0.5) is 0 Å². The summed E-state index contributed by atoms with van der Waals surface area (Å²) in [4.78, 5) is 23.8. The van der Waals surface area contributed by atoms with Crippen LogP contribution in [-0.4, -0.2) is 44.0 Å². The molecule has 1 aromatic carbocycles. The Balaban J connectivity index is 2.30. The molecule has 7 heteroatoms. The monoisotopic (exact) mass is 362 g/mol. The first-order valence-electron chi connectivity index (χ1n) is 8.81. The van der Waals surface area contributed by atoms with Crippen molar-refractivity contribution in [3.63, 3.8) is 0 Å². The van der Waals surface area contributed by atoms with Crippen molar-refractivity contribution in [1.29, 1.82) is 0 Å². The van der Waals surface area contributed by atoms with Crippen molar-refractivity contribution in [2.45, 2.75) is 58.1 Å². The van der Waals surface area contributed by atoms with E-state index in [0.29, 0.717) is 12.2 Å². The largest absolute Gasteiger partial charge is 0.466 e. The molecule has 6 nitrogen and oxygen atoms in total. The maximum absolute atomic E-state index is 12.1. The summed E-state index contributed by atoms with van der Waals surface area (Å²) in [5.41, 5.74) is 0.275. The lowest BCUT2D eigenvalue weighted by Gasteiger charge is -2.32. The van der Waals surface area contributed by atoms with E-state index in [1.165, 1.54) is 7.11 Å². The Hall–Kier alpha value is -1.86. The van der Waals surface area contributed by atoms with Crippen molar-refractivity contribution in [3.8, 4) is 0 Å². The molecule has 1 aliphatic heterocycles. The number of benzene rings is 1. The van der Waals surface area contributed by atoms with Gasteiger partial charge in [-0.15, -0.1) is 0 Å². The molecule has 0 aromatic heterocycles. The van der Waals surface area contributed by atoms with Gasteiger partial charge in [-0.05, 0) is 52.3 Å². The molecule has 1 aliphatic rings. The number of carbonyl (C=O) groups is 2. The molecule has 0 spiro atoms. The van der Waals surface area contributed by atoms with Gasteiger partial charge < -0.3 is 18.8 Å². The lowest BCUT2D eigenvalue weighted by Crippen LogP contribution is -2.41. The smallest absolute Gasteiger partial charge is 0.466 e. The Morgan fingerprint density at radius 2 is 1.62 bits per heavy atom. The third-order valence-corrected chi connectivity index (χ3v) is 5.05. The summed E-state index contributed by atoms with van der Waals surface area (Å²) in [5, 5.41) is 0. The highest BCUT2D eigenvalue weighted by molar-refractivity contribution is 6.48. The predicted octanol–water partition coefficient (Wildman–Crippen LogP) is 3.14. The number of ether oxygens (including phenoxy) is 2. The molecular formula is C19H27BO6. The van der Waals surface area contributed by atoms with Crippen LogP contribution in [0.1, 0.15) is 62.8 Å². The van der Waals surface area contributed by atoms with E-state index in [1.54, 1.807) is 31.2 Å². The van der Waals surface area contributed by atoms with E-state index in [4.69, 9.17) is 18.8 Å². The van der Waals surface area contributed by atoms with Crippen LogP contribution in [0.5, 0.6) is 0 Å². The highest BCUT2D eigenvalue weighted by atomic mass is 16.7. The molecule has 1 heterocycles. The Morgan fingerprint density at radius 3 is 2.08 bits per heavy atom. The van der Waals surface area contributed by atoms with Gasteiger partial charge in [0, 0.05) is 5.82 Å². The minimum absolute atomic E-state index is 0.127. The SMILES string of the molecule is CCOC(=O)CC(B1OC(C)(C)C(C)(C)O1)c1ccc(C(=O)OC)cc1. The molecule has 2 rings (SSSR count). The van der Waals surface area contributed by atoms with E-state index in [0.717, 1.165) is 5.56 Å². The zero-order chi connectivity index (χ0) is 19.5. The molecule has 0 aliphatic carbocycles. The van der Waals surface area contributed by atoms with Crippen LogP contribution in [0.2, 0.25) is 0 Å². The molecule has 0 amide bonds. The van der Waals surface area contributed by atoms with Gasteiger partial charge in [-0.2, -0.15) is 0 Å². The van der Waals surface area contributed by atoms with Crippen molar-refractivity contribution < 1.29 is 28.4 Å². The third-order valence-electron chi connectivity index (χ3n) is 5.05. The fraction of sp³-hybridized carbons (Fsp3) is 0.579. The average molecular weight is 362 g/mol. The number of carbonyl (C=O) groups excluding carboxylic acids is 2. The van der Waals surface area contributed by atoms with Crippen LogP contribution in [0, 0.1) is 0 Å². The Bertz CT molecular complexity index is 636. The van der Waals surface area contributed by atoms with E-state index in [-0.39, 0.29) is 18.2 Å². The number of hydrogen-bond donors (Lipinski definition) is 0. The van der Waals surface area contributed by atoms with Gasteiger partial charge in [-0.25, -0.2) is 4.79 Å². The highest BCUT2D eigenvalue weighted by Gasteiger charge is 2.54. The first-order chi connectivity index (χ1) is 12.1. The van der Waals surface area contributed by atoms with Gasteiger partial charge >= 0.3 is 19.1 Å². The van der Waals surface area contributed by atoms with Gasteiger partial charge in [0.15, 0.2) is 0 Å². The van der Waals surface area contributed by atoms with E-state index >= 15 is 0 Å². The van der Waals surface area contributed by atoms with Crippen LogP contribution in [0.3, 0.4) is 0 Å². The molecule has 26 heavy (non-hydrogen) atoms. The lowest BCUT2D eigenvalue weighted by atomic mass is 9.66. The molecule has 0 saturated carbocycles. The fourth-order valence-corrected chi connectivity index (χ4v) is 2.81. The molecule has 142 valence electrons. The lowest BCUT2D eigenvalue weighted by molar-refractivity contribution is -0.143. The van der Waals surface area contributed by atoms with Crippen LogP contribution in [0.25, 0.3) is 0 Å². The third kappa shape index (κ3) is 4.27. The Labute approximate surface area is 155 Å². The number of methoxy groups -OCH3 is 1. The molecule has 0 N–H and O–H groups in total. The molecule has 1 saturated heterocycles. The van der Waals surface area contributed by atoms with Gasteiger partial charge in [-0.3, -0.25) is 4.79 Å². The summed E-state index contributed by atoms with van der Waals surface area (Å²) < 4.78 is 22.1. The van der Waals surface area contributed by atoms with Crippen molar-refractivity contribution in [3.05, 3.63) is 35.4 Å². The quantitative estimate of drug-likeness (QED) is 0.572. The first-order valence-corrected chi connectivity index (χ1v) is 8.81. The van der Waals surface area contributed by atoms with E-state index in [1.807, 2.05) is 27.7 Å². The van der Waals surface area contributed by atoms with Gasteiger partial charge in [0.05, 0.1) is 36.9 Å². The van der Waals surface area contributed by atoms with E-state index in [9.17, 15) is 9.59 Å². The predicted molar refractivity (Wildman–Crippen MR) is 97.9 cm³/mol. The maximum atomic E-state index is 12.1. The topological polar surface area (TPSA) is 71.1 Å². The standard InChI is InChI=1S/C19H27BO6/c1-7-24-16(21)12-15(20-25-18(2,3)19(4,5)26-20)13-8-10-14(11-9-13)17(22)23-6/h8-11,15H,7,12H2,1-6H3. The summed E-state index contributed by atoms with van der Waals surface area (Å²) in [7, 11) is 0.748. The summed E-state index contributed by atoms with van der Waals surface area (Å²) in [6.07, 6.45) is 0.127. The second-order valence-corrected chi connectivity index (χ2v) is 7.35. The summed E-state index contributed by atoms with van der Waals surface area (Å²) in [6, 6.07) is 6.93. The molecule has 0 bridgehead atoms. The van der Waals surface area contributed by atoms with E-state index < -0.39 is 24.3 Å². The minimum atomic E-state index is -0.589. The fourth-order valence-electron chi connectivity index (χ4n) is 2.81. The zero-order valence-electron chi connectivity index (χ0n) is 16.3. The zero-order valence-corrected chi connectivity index (χ0v) is 16.3. The minimum Gasteiger partial charge on any atom is -0.466 e. The van der Waals surface area contributed by atoms with E-state index in [2.05, 4.69) is 0 Å². The molecular weight excluding hydrogens is 335 g/mol. The van der Waals surface area contributed by atoms with Crippen LogP contribution < -0.4 is 0 Å². The van der Waals surface area contributed by atoms with Gasteiger partial charge in [0.2, 0.25) is 0 Å². The number of esters is 2. The van der Waals surface area contributed by atoms with Crippen molar-refractivity contribution in [2.75, 3.05) is 13.7 Å². The number of hydrogen-bond acceptors (Lipinski definition) is 6. The second-order valence-electron chi connectivity index (χ2n) is 7.35. The summed E-state index contributed by atoms with van der Waals surface area (Å²) in [6.45, 7) is 9.95. The molecule has 1 atom stereocenters. The van der Waals surface area contributed by atoms with Crippen LogP contribution in [-0.2, 0) is 23.6 Å². The summed E-state index contributed by atoms with van der Waals surface area (Å²) >= 11 is 0. The molecule has 1 aromatic rings. The van der Waals surface area contributed by atoms with Crippen LogP contribution >= 0.6 is 0 Å². The first kappa shape index (κ1) is 20.5. The van der Waals surface area contributed by atoms with Crippen LogP contribution in [0.15, 0.2) is 24.3 Å². The molecule has 1 fully saturated rings. The number of rotatable bonds is 6. The average Bonchev–Trinajstić information content (AvgIpc) is 2.80. The van der Waals surface area contributed by atoms with Gasteiger partial charge in [0.1, 0.15) is 0 Å². The second kappa shape index (κ2) is 7.80. The van der Waals surface area contributed by atoms with Gasteiger partial charge in [-0.1, -0.05) is 12.1 Å². The Morgan fingerprint density at radius 1 is 1.08 bits per heavy atom. The van der Waals surface area contributed by atoms with Crippen molar-refractivity contribution in [2.24, 2.45) is 0 Å². The normalized spacial score (nSPS) is 19.1. The van der Waals surface area contributed by atoms with Gasteiger partial charge in [0.25, 0.3) is 0 Å². The van der Waals surface area contributed by atoms with Crippen molar-refractivity contribution in [1.82, 2.24) is 0 Å². The summed E-state index contributed by atoms with van der Waals surface area (Å²) in [5.74, 6) is -1.07. The molecule has 1 unspecified atom stereocenters. The highest BCUT2D eigenvalue weighted by Crippen LogP contribution is 2.41. The maximum Gasteiger partial charge on any atom is 0.466 e. The Kier molecular flexibility index (Phi) is 6.14. The molecule has 0 radical (unpaired) electrons. The van der Waals surface area contributed by atoms with Crippen molar-refractivity contribution >= 4 is 19.1 Å².